The maximum absolute atomic E-state index is 11.1. The largest absolute Gasteiger partial charge is 0.493 e. The predicted octanol–water partition coefficient (Wildman–Crippen LogP) is 1.57. The quantitative estimate of drug-likeness (QED) is 0.856. The molecule has 0 amide bonds. The molecule has 0 bridgehead atoms. The molecule has 0 aliphatic rings. The normalized spacial score (nSPS) is 13.3. The molecule has 0 aliphatic heterocycles. The fraction of sp³-hybridized carbons (Fsp3) is 0.333. The number of hydrogen-bond acceptors (Lipinski definition) is 4. The lowest BCUT2D eigenvalue weighted by Crippen LogP contribution is -2.30. The van der Waals surface area contributed by atoms with Gasteiger partial charge in [-0.05, 0) is 24.6 Å². The van der Waals surface area contributed by atoms with Crippen LogP contribution in [0.5, 0.6) is 11.5 Å². The molecule has 0 saturated heterocycles. The number of nitrogens with zero attached hydrogens (tertiary/aromatic N) is 1. The molecule has 0 aliphatic carbocycles. The van der Waals surface area contributed by atoms with Crippen molar-refractivity contribution in [1.82, 2.24) is 0 Å². The number of aliphatic carboxylic acids is 1. The van der Waals surface area contributed by atoms with Crippen LogP contribution in [0.3, 0.4) is 0 Å². The van der Waals surface area contributed by atoms with E-state index in [4.69, 9.17) is 19.8 Å². The SMILES string of the molecule is COc1ccc(C(C)(C#N)C(=O)O)cc1OC. The summed E-state index contributed by atoms with van der Waals surface area (Å²) in [5.74, 6) is -0.318. The number of ether oxygens (including phenoxy) is 2. The van der Waals surface area contributed by atoms with Gasteiger partial charge in [-0.2, -0.15) is 5.26 Å². The third kappa shape index (κ3) is 2.16. The van der Waals surface area contributed by atoms with Crippen molar-refractivity contribution in [2.75, 3.05) is 14.2 Å². The maximum Gasteiger partial charge on any atom is 0.328 e. The molecular formula is C12H13NO4. The fourth-order valence-corrected chi connectivity index (χ4v) is 1.38. The first-order valence-electron chi connectivity index (χ1n) is 4.86. The Hall–Kier alpha value is -2.22. The molecule has 5 nitrogen and oxygen atoms in total. The monoisotopic (exact) mass is 235 g/mol. The van der Waals surface area contributed by atoms with Crippen molar-refractivity contribution in [3.63, 3.8) is 0 Å². The van der Waals surface area contributed by atoms with Crippen LogP contribution in [0.4, 0.5) is 0 Å². The van der Waals surface area contributed by atoms with Gasteiger partial charge < -0.3 is 14.6 Å². The second-order valence-electron chi connectivity index (χ2n) is 3.61. The van der Waals surface area contributed by atoms with Crippen LogP contribution in [0.15, 0.2) is 18.2 Å². The molecule has 1 atom stereocenters. The summed E-state index contributed by atoms with van der Waals surface area (Å²) in [6, 6.07) is 6.40. The summed E-state index contributed by atoms with van der Waals surface area (Å²) in [5, 5.41) is 18.1. The van der Waals surface area contributed by atoms with E-state index in [9.17, 15) is 4.79 Å². The van der Waals surface area contributed by atoms with Gasteiger partial charge in [0.2, 0.25) is 0 Å². The number of carboxylic acid groups (broad SMARTS) is 1. The van der Waals surface area contributed by atoms with Crippen LogP contribution in [0.1, 0.15) is 12.5 Å². The lowest BCUT2D eigenvalue weighted by Gasteiger charge is -2.18. The van der Waals surface area contributed by atoms with E-state index in [0.717, 1.165) is 0 Å². The topological polar surface area (TPSA) is 79.5 Å². The zero-order valence-electron chi connectivity index (χ0n) is 9.85. The Morgan fingerprint density at radius 3 is 2.35 bits per heavy atom. The van der Waals surface area contributed by atoms with Gasteiger partial charge in [0.15, 0.2) is 16.9 Å². The molecule has 1 aromatic carbocycles. The molecule has 0 fully saturated rings. The van der Waals surface area contributed by atoms with E-state index in [0.29, 0.717) is 17.1 Å². The van der Waals surface area contributed by atoms with E-state index in [2.05, 4.69) is 0 Å². The molecule has 1 unspecified atom stereocenters. The molecule has 0 radical (unpaired) electrons. The van der Waals surface area contributed by atoms with Gasteiger partial charge in [-0.15, -0.1) is 0 Å². The fourth-order valence-electron chi connectivity index (χ4n) is 1.38. The minimum absolute atomic E-state index is 0.352. The average molecular weight is 235 g/mol. The molecule has 0 aromatic heterocycles. The lowest BCUT2D eigenvalue weighted by atomic mass is 9.84. The van der Waals surface area contributed by atoms with Gasteiger partial charge in [0.25, 0.3) is 0 Å². The van der Waals surface area contributed by atoms with E-state index in [-0.39, 0.29) is 0 Å². The third-order valence-electron chi connectivity index (χ3n) is 2.61. The molecule has 0 saturated carbocycles. The number of nitriles is 1. The first-order chi connectivity index (χ1) is 7.99. The number of methoxy groups -OCH3 is 2. The van der Waals surface area contributed by atoms with E-state index in [1.54, 1.807) is 18.2 Å². The van der Waals surface area contributed by atoms with Crippen molar-refractivity contribution in [3.05, 3.63) is 23.8 Å². The molecule has 1 aromatic rings. The molecule has 1 N–H and O–H groups in total. The van der Waals surface area contributed by atoms with Crippen molar-refractivity contribution in [1.29, 1.82) is 5.26 Å². The zero-order chi connectivity index (χ0) is 13.1. The number of rotatable bonds is 4. The highest BCUT2D eigenvalue weighted by Crippen LogP contribution is 2.33. The standard InChI is InChI=1S/C12H13NO4/c1-12(7-13,11(14)15)8-4-5-9(16-2)10(6-8)17-3/h4-6H,1-3H3,(H,14,15). The Balaban J connectivity index is 3.34. The molecule has 90 valence electrons. The number of hydrogen-bond donors (Lipinski definition) is 1. The van der Waals surface area contributed by atoms with Gasteiger partial charge in [0, 0.05) is 0 Å². The minimum Gasteiger partial charge on any atom is -0.493 e. The predicted molar refractivity (Wildman–Crippen MR) is 60.1 cm³/mol. The highest BCUT2D eigenvalue weighted by Gasteiger charge is 2.36. The molecule has 1 rings (SSSR count). The Morgan fingerprint density at radius 1 is 1.35 bits per heavy atom. The molecule has 17 heavy (non-hydrogen) atoms. The van der Waals surface area contributed by atoms with Gasteiger partial charge in [-0.3, -0.25) is 4.79 Å². The first-order valence-corrected chi connectivity index (χ1v) is 4.86. The van der Waals surface area contributed by atoms with Gasteiger partial charge in [-0.25, -0.2) is 0 Å². The zero-order valence-corrected chi connectivity index (χ0v) is 9.85. The summed E-state index contributed by atoms with van der Waals surface area (Å²) in [7, 11) is 2.93. The summed E-state index contributed by atoms with van der Waals surface area (Å²) in [4.78, 5) is 11.1. The van der Waals surface area contributed by atoms with Crippen molar-refractivity contribution in [3.8, 4) is 17.6 Å². The lowest BCUT2D eigenvalue weighted by molar-refractivity contribution is -0.141. The van der Waals surface area contributed by atoms with E-state index in [1.807, 2.05) is 0 Å². The van der Waals surface area contributed by atoms with Crippen LogP contribution >= 0.6 is 0 Å². The molecule has 0 spiro atoms. The number of carboxylic acids is 1. The van der Waals surface area contributed by atoms with Crippen LogP contribution < -0.4 is 9.47 Å². The maximum atomic E-state index is 11.1. The van der Waals surface area contributed by atoms with Gasteiger partial charge in [0.1, 0.15) is 0 Å². The highest BCUT2D eigenvalue weighted by molar-refractivity contribution is 5.84. The average Bonchev–Trinajstić information content (AvgIpc) is 2.36. The smallest absolute Gasteiger partial charge is 0.328 e. The van der Waals surface area contributed by atoms with Crippen LogP contribution in [0, 0.1) is 11.3 Å². The third-order valence-corrected chi connectivity index (χ3v) is 2.61. The number of carbonyl (C=O) groups is 1. The van der Waals surface area contributed by atoms with E-state index >= 15 is 0 Å². The van der Waals surface area contributed by atoms with E-state index in [1.165, 1.54) is 27.2 Å². The van der Waals surface area contributed by atoms with Crippen molar-refractivity contribution in [2.24, 2.45) is 0 Å². The van der Waals surface area contributed by atoms with E-state index < -0.39 is 11.4 Å². The van der Waals surface area contributed by atoms with Crippen molar-refractivity contribution >= 4 is 5.97 Å². The van der Waals surface area contributed by atoms with Crippen LogP contribution in [0.25, 0.3) is 0 Å². The molecule has 5 heteroatoms. The van der Waals surface area contributed by atoms with Crippen LogP contribution in [-0.4, -0.2) is 25.3 Å². The van der Waals surface area contributed by atoms with Gasteiger partial charge >= 0.3 is 5.97 Å². The van der Waals surface area contributed by atoms with Gasteiger partial charge in [-0.1, -0.05) is 6.07 Å². The Labute approximate surface area is 99.2 Å². The minimum atomic E-state index is -1.60. The summed E-state index contributed by atoms with van der Waals surface area (Å²) in [6.45, 7) is 1.34. The van der Waals surface area contributed by atoms with Crippen LogP contribution in [-0.2, 0) is 10.2 Å². The Bertz CT molecular complexity index is 478. The Morgan fingerprint density at radius 2 is 1.94 bits per heavy atom. The van der Waals surface area contributed by atoms with Crippen molar-refractivity contribution < 1.29 is 19.4 Å². The molecular weight excluding hydrogens is 222 g/mol. The summed E-state index contributed by atoms with van der Waals surface area (Å²) in [6.07, 6.45) is 0. The van der Waals surface area contributed by atoms with Crippen LogP contribution in [0.2, 0.25) is 0 Å². The Kier molecular flexibility index (Phi) is 3.59. The summed E-state index contributed by atoms with van der Waals surface area (Å²) in [5.41, 5.74) is -1.25. The second-order valence-corrected chi connectivity index (χ2v) is 3.61. The summed E-state index contributed by atoms with van der Waals surface area (Å²) < 4.78 is 10.1. The van der Waals surface area contributed by atoms with Crippen molar-refractivity contribution in [2.45, 2.75) is 12.3 Å². The highest BCUT2D eigenvalue weighted by atomic mass is 16.5. The molecule has 0 heterocycles. The number of benzene rings is 1. The first kappa shape index (κ1) is 12.8. The van der Waals surface area contributed by atoms with Gasteiger partial charge in [0.05, 0.1) is 20.3 Å². The summed E-state index contributed by atoms with van der Waals surface area (Å²) >= 11 is 0. The second kappa shape index (κ2) is 4.74.